The molecule has 0 saturated heterocycles. The second-order valence-corrected chi connectivity index (χ2v) is 3.43. The molecule has 0 saturated carbocycles. The Bertz CT molecular complexity index is 323. The Kier molecular flexibility index (Phi) is 3.65. The van der Waals surface area contributed by atoms with Gasteiger partial charge in [-0.25, -0.2) is 0 Å². The highest BCUT2D eigenvalue weighted by Gasteiger charge is 2.08. The molecule has 0 aliphatic rings. The monoisotopic (exact) mass is 193 g/mol. The Hall–Kier alpha value is -1.35. The van der Waals surface area contributed by atoms with Gasteiger partial charge in [0.2, 0.25) is 0 Å². The fraction of sp³-hybridized carbons (Fsp3) is 0.364. The predicted molar refractivity (Wildman–Crippen MR) is 55.2 cm³/mol. The zero-order chi connectivity index (χ0) is 10.6. The van der Waals surface area contributed by atoms with Crippen LogP contribution in [-0.2, 0) is 0 Å². The standard InChI is InChI=1S/C11H15NO2/c1-8-4-3-5-10(6-8)11(14)12-9(2)7-13/h3-6,9,13H,7H2,1-2H3,(H,12,14). The average molecular weight is 193 g/mol. The number of carbonyl (C=O) groups excluding carboxylic acids is 1. The smallest absolute Gasteiger partial charge is 0.251 e. The Balaban J connectivity index is 2.70. The molecule has 0 aliphatic carbocycles. The first-order chi connectivity index (χ1) is 6.63. The number of rotatable bonds is 3. The third-order valence-corrected chi connectivity index (χ3v) is 1.93. The summed E-state index contributed by atoms with van der Waals surface area (Å²) < 4.78 is 0. The van der Waals surface area contributed by atoms with Gasteiger partial charge in [0.05, 0.1) is 6.61 Å². The van der Waals surface area contributed by atoms with E-state index in [1.165, 1.54) is 0 Å². The van der Waals surface area contributed by atoms with E-state index in [0.29, 0.717) is 5.56 Å². The Morgan fingerprint density at radius 3 is 2.86 bits per heavy atom. The zero-order valence-corrected chi connectivity index (χ0v) is 8.45. The highest BCUT2D eigenvalue weighted by molar-refractivity contribution is 5.94. The van der Waals surface area contributed by atoms with Gasteiger partial charge in [0.25, 0.3) is 5.91 Å². The van der Waals surface area contributed by atoms with Gasteiger partial charge in [-0.05, 0) is 26.0 Å². The van der Waals surface area contributed by atoms with Crippen molar-refractivity contribution < 1.29 is 9.90 Å². The number of benzene rings is 1. The number of hydrogen-bond acceptors (Lipinski definition) is 2. The zero-order valence-electron chi connectivity index (χ0n) is 8.45. The van der Waals surface area contributed by atoms with Crippen LogP contribution in [0.1, 0.15) is 22.8 Å². The third kappa shape index (κ3) is 2.85. The molecular weight excluding hydrogens is 178 g/mol. The molecule has 3 nitrogen and oxygen atoms in total. The Morgan fingerprint density at radius 1 is 1.57 bits per heavy atom. The van der Waals surface area contributed by atoms with Gasteiger partial charge in [-0.2, -0.15) is 0 Å². The second kappa shape index (κ2) is 4.77. The third-order valence-electron chi connectivity index (χ3n) is 1.93. The second-order valence-electron chi connectivity index (χ2n) is 3.43. The minimum Gasteiger partial charge on any atom is -0.394 e. The molecule has 0 heterocycles. The molecule has 0 aliphatic heterocycles. The largest absolute Gasteiger partial charge is 0.394 e. The van der Waals surface area contributed by atoms with Gasteiger partial charge >= 0.3 is 0 Å². The fourth-order valence-electron chi connectivity index (χ4n) is 1.14. The van der Waals surface area contributed by atoms with E-state index in [0.717, 1.165) is 5.56 Å². The number of amides is 1. The highest BCUT2D eigenvalue weighted by Crippen LogP contribution is 2.03. The summed E-state index contributed by atoms with van der Waals surface area (Å²) in [7, 11) is 0. The molecule has 2 N–H and O–H groups in total. The van der Waals surface area contributed by atoms with Gasteiger partial charge in [-0.1, -0.05) is 17.7 Å². The van der Waals surface area contributed by atoms with Crippen LogP contribution in [-0.4, -0.2) is 23.7 Å². The molecular formula is C11H15NO2. The van der Waals surface area contributed by atoms with Crippen molar-refractivity contribution in [3.63, 3.8) is 0 Å². The molecule has 0 fully saturated rings. The molecule has 1 aromatic rings. The van der Waals surface area contributed by atoms with Crippen LogP contribution < -0.4 is 5.32 Å². The normalized spacial score (nSPS) is 12.2. The lowest BCUT2D eigenvalue weighted by Crippen LogP contribution is -2.34. The van der Waals surface area contributed by atoms with Gasteiger partial charge < -0.3 is 10.4 Å². The van der Waals surface area contributed by atoms with Gasteiger partial charge in [-0.15, -0.1) is 0 Å². The van der Waals surface area contributed by atoms with Crippen LogP contribution in [0.5, 0.6) is 0 Å². The van der Waals surface area contributed by atoms with Crippen LogP contribution in [0.2, 0.25) is 0 Å². The average Bonchev–Trinajstić information content (AvgIpc) is 2.17. The van der Waals surface area contributed by atoms with Crippen molar-refractivity contribution >= 4 is 5.91 Å². The van der Waals surface area contributed by atoms with Crippen LogP contribution >= 0.6 is 0 Å². The molecule has 14 heavy (non-hydrogen) atoms. The molecule has 1 rings (SSSR count). The Labute approximate surface area is 83.8 Å². The summed E-state index contributed by atoms with van der Waals surface area (Å²) in [4.78, 5) is 11.5. The lowest BCUT2D eigenvalue weighted by atomic mass is 10.1. The molecule has 0 spiro atoms. The summed E-state index contributed by atoms with van der Waals surface area (Å²) in [5.74, 6) is -0.143. The molecule has 1 unspecified atom stereocenters. The molecule has 1 aromatic carbocycles. The molecule has 0 bridgehead atoms. The number of hydrogen-bond donors (Lipinski definition) is 2. The minimum absolute atomic E-state index is 0.0441. The van der Waals surface area contributed by atoms with E-state index in [-0.39, 0.29) is 18.6 Å². The molecule has 1 atom stereocenters. The van der Waals surface area contributed by atoms with Crippen LogP contribution in [0.4, 0.5) is 0 Å². The first-order valence-corrected chi connectivity index (χ1v) is 4.62. The van der Waals surface area contributed by atoms with Gasteiger partial charge in [-0.3, -0.25) is 4.79 Å². The SMILES string of the molecule is Cc1cccc(C(=O)NC(C)CO)c1. The van der Waals surface area contributed by atoms with Crippen LogP contribution in [0, 0.1) is 6.92 Å². The van der Waals surface area contributed by atoms with E-state index < -0.39 is 0 Å². The quantitative estimate of drug-likeness (QED) is 0.755. The topological polar surface area (TPSA) is 49.3 Å². The highest BCUT2D eigenvalue weighted by atomic mass is 16.3. The van der Waals surface area contributed by atoms with E-state index in [1.54, 1.807) is 13.0 Å². The van der Waals surface area contributed by atoms with Gasteiger partial charge in [0.1, 0.15) is 0 Å². The van der Waals surface area contributed by atoms with Gasteiger partial charge in [0, 0.05) is 11.6 Å². The van der Waals surface area contributed by atoms with E-state index in [9.17, 15) is 4.79 Å². The van der Waals surface area contributed by atoms with Crippen molar-refractivity contribution in [3.8, 4) is 0 Å². The molecule has 0 radical (unpaired) electrons. The van der Waals surface area contributed by atoms with E-state index in [4.69, 9.17) is 5.11 Å². The number of aliphatic hydroxyl groups is 1. The molecule has 0 aromatic heterocycles. The predicted octanol–water partition coefficient (Wildman–Crippen LogP) is 1.11. The van der Waals surface area contributed by atoms with Crippen molar-refractivity contribution in [2.45, 2.75) is 19.9 Å². The first kappa shape index (κ1) is 10.7. The van der Waals surface area contributed by atoms with Crippen LogP contribution in [0.3, 0.4) is 0 Å². The fourth-order valence-corrected chi connectivity index (χ4v) is 1.14. The number of carbonyl (C=O) groups is 1. The summed E-state index contributed by atoms with van der Waals surface area (Å²) in [6, 6.07) is 7.15. The maximum Gasteiger partial charge on any atom is 0.251 e. The number of nitrogens with one attached hydrogen (secondary N) is 1. The number of aliphatic hydroxyl groups excluding tert-OH is 1. The lowest BCUT2D eigenvalue weighted by molar-refractivity contribution is 0.0922. The van der Waals surface area contributed by atoms with Crippen LogP contribution in [0.15, 0.2) is 24.3 Å². The van der Waals surface area contributed by atoms with E-state index in [1.807, 2.05) is 25.1 Å². The maximum atomic E-state index is 11.5. The number of aryl methyl sites for hydroxylation is 1. The van der Waals surface area contributed by atoms with E-state index >= 15 is 0 Å². The summed E-state index contributed by atoms with van der Waals surface area (Å²) in [6.07, 6.45) is 0. The molecule has 3 heteroatoms. The van der Waals surface area contributed by atoms with Gasteiger partial charge in [0.15, 0.2) is 0 Å². The van der Waals surface area contributed by atoms with E-state index in [2.05, 4.69) is 5.32 Å². The van der Waals surface area contributed by atoms with Crippen molar-refractivity contribution in [2.24, 2.45) is 0 Å². The molecule has 76 valence electrons. The Morgan fingerprint density at radius 2 is 2.29 bits per heavy atom. The van der Waals surface area contributed by atoms with Crippen molar-refractivity contribution in [1.29, 1.82) is 0 Å². The van der Waals surface area contributed by atoms with Crippen LogP contribution in [0.25, 0.3) is 0 Å². The summed E-state index contributed by atoms with van der Waals surface area (Å²) in [6.45, 7) is 3.65. The first-order valence-electron chi connectivity index (χ1n) is 4.62. The lowest BCUT2D eigenvalue weighted by Gasteiger charge is -2.10. The summed E-state index contributed by atoms with van der Waals surface area (Å²) in [5, 5.41) is 11.5. The van der Waals surface area contributed by atoms with Crippen molar-refractivity contribution in [3.05, 3.63) is 35.4 Å². The summed E-state index contributed by atoms with van der Waals surface area (Å²) in [5.41, 5.74) is 1.68. The van der Waals surface area contributed by atoms with Crippen molar-refractivity contribution in [1.82, 2.24) is 5.32 Å². The summed E-state index contributed by atoms with van der Waals surface area (Å²) >= 11 is 0. The molecule has 1 amide bonds. The minimum atomic E-state index is -0.206. The maximum absolute atomic E-state index is 11.5. The van der Waals surface area contributed by atoms with Crippen molar-refractivity contribution in [2.75, 3.05) is 6.61 Å².